The summed E-state index contributed by atoms with van der Waals surface area (Å²) in [6, 6.07) is -0.702. The van der Waals surface area contributed by atoms with Gasteiger partial charge in [-0.1, -0.05) is 0 Å². The van der Waals surface area contributed by atoms with Crippen LogP contribution in [0.4, 0.5) is 0 Å². The first-order valence-corrected chi connectivity index (χ1v) is 6.85. The summed E-state index contributed by atoms with van der Waals surface area (Å²) in [6.45, 7) is 1.56. The summed E-state index contributed by atoms with van der Waals surface area (Å²) in [7, 11) is -2.22. The molecule has 0 spiro atoms. The highest BCUT2D eigenvalue weighted by atomic mass is 32.2. The lowest BCUT2D eigenvalue weighted by molar-refractivity contribution is -0.142. The number of carbonyl (C=O) groups excluding carboxylic acids is 1. The molecule has 2 N–H and O–H groups in total. The monoisotopic (exact) mass is 269 g/mol. The van der Waals surface area contributed by atoms with Gasteiger partial charge in [0.05, 0.1) is 38.0 Å². The zero-order valence-electron chi connectivity index (χ0n) is 10.0. The third kappa shape index (κ3) is 8.08. The Balaban J connectivity index is 4.14. The molecule has 0 aliphatic rings. The lowest BCUT2D eigenvalue weighted by Crippen LogP contribution is -2.42. The second-order valence-corrected chi connectivity index (χ2v) is 5.20. The second kappa shape index (κ2) is 8.40. The normalized spacial score (nSPS) is 13.4. The van der Waals surface area contributed by atoms with Crippen LogP contribution in [-0.4, -0.2) is 58.2 Å². The van der Waals surface area contributed by atoms with E-state index in [1.807, 2.05) is 0 Å². The maximum absolute atomic E-state index is 11.5. The highest BCUT2D eigenvalue weighted by Crippen LogP contribution is 1.96. The number of methoxy groups -OCH3 is 1. The molecule has 0 aromatic carbocycles. The number of hydrogen-bond acceptors (Lipinski definition) is 6. The molecular weight excluding hydrogens is 250 g/mol. The Bertz CT molecular complexity index is 315. The van der Waals surface area contributed by atoms with Gasteiger partial charge in [-0.05, 0) is 6.92 Å². The van der Waals surface area contributed by atoms with Crippen molar-refractivity contribution in [3.8, 4) is 0 Å². The molecule has 0 fully saturated rings. The topological polar surface area (TPSA) is 102 Å². The van der Waals surface area contributed by atoms with E-state index in [2.05, 4.69) is 9.46 Å². The van der Waals surface area contributed by atoms with Crippen LogP contribution in [0.15, 0.2) is 0 Å². The van der Waals surface area contributed by atoms with Crippen molar-refractivity contribution in [2.75, 3.05) is 32.7 Å². The largest absolute Gasteiger partial charge is 0.466 e. The van der Waals surface area contributed by atoms with Gasteiger partial charge in [-0.15, -0.1) is 0 Å². The van der Waals surface area contributed by atoms with E-state index in [0.717, 1.165) is 0 Å². The number of aliphatic hydroxyl groups excluding tert-OH is 1. The Labute approximate surface area is 101 Å². The van der Waals surface area contributed by atoms with E-state index in [4.69, 9.17) is 9.84 Å². The number of sulfonamides is 1. The average Bonchev–Trinajstić information content (AvgIpc) is 2.26. The standard InChI is InChI=1S/C9H19NO6S/c1-3-16-9(12)4-5-17(13,14)10-8(6-11)7-15-2/h8,10-11H,3-7H2,1-2H3. The molecule has 0 heterocycles. The van der Waals surface area contributed by atoms with Crippen molar-refractivity contribution < 1.29 is 27.8 Å². The molecule has 1 atom stereocenters. The zero-order chi connectivity index (χ0) is 13.3. The fourth-order valence-corrected chi connectivity index (χ4v) is 2.29. The van der Waals surface area contributed by atoms with Gasteiger partial charge < -0.3 is 14.6 Å². The smallest absolute Gasteiger partial charge is 0.306 e. The summed E-state index contributed by atoms with van der Waals surface area (Å²) in [5.41, 5.74) is 0. The van der Waals surface area contributed by atoms with Crippen LogP contribution in [0.1, 0.15) is 13.3 Å². The van der Waals surface area contributed by atoms with E-state index >= 15 is 0 Å². The summed E-state index contributed by atoms with van der Waals surface area (Å²) in [5, 5.41) is 8.88. The number of ether oxygens (including phenoxy) is 2. The Hall–Kier alpha value is -0.700. The number of esters is 1. The maximum Gasteiger partial charge on any atom is 0.306 e. The lowest BCUT2D eigenvalue weighted by Gasteiger charge is -2.15. The van der Waals surface area contributed by atoms with Crippen LogP contribution in [0, 0.1) is 0 Å². The predicted octanol–water partition coefficient (Wildman–Crippen LogP) is -1.13. The van der Waals surface area contributed by atoms with E-state index in [1.165, 1.54) is 7.11 Å². The van der Waals surface area contributed by atoms with Crippen LogP contribution in [-0.2, 0) is 24.3 Å². The van der Waals surface area contributed by atoms with Crippen molar-refractivity contribution in [2.45, 2.75) is 19.4 Å². The molecule has 8 heteroatoms. The minimum atomic E-state index is -3.62. The molecule has 0 aliphatic heterocycles. The number of carbonyl (C=O) groups is 1. The SMILES string of the molecule is CCOC(=O)CCS(=O)(=O)NC(CO)COC. The fraction of sp³-hybridized carbons (Fsp3) is 0.889. The van der Waals surface area contributed by atoms with Crippen LogP contribution >= 0.6 is 0 Å². The van der Waals surface area contributed by atoms with Crippen LogP contribution in [0.3, 0.4) is 0 Å². The number of hydrogen-bond donors (Lipinski definition) is 2. The van der Waals surface area contributed by atoms with E-state index in [9.17, 15) is 13.2 Å². The summed E-state index contributed by atoms with van der Waals surface area (Å²) in [6.07, 6.45) is -0.214. The van der Waals surface area contributed by atoms with Gasteiger partial charge in [0, 0.05) is 7.11 Å². The summed E-state index contributed by atoms with van der Waals surface area (Å²) >= 11 is 0. The van der Waals surface area contributed by atoms with Crippen LogP contribution in [0.5, 0.6) is 0 Å². The molecule has 0 amide bonds. The van der Waals surface area contributed by atoms with Crippen molar-refractivity contribution in [2.24, 2.45) is 0 Å². The van der Waals surface area contributed by atoms with Crippen LogP contribution in [0.2, 0.25) is 0 Å². The molecule has 17 heavy (non-hydrogen) atoms. The van der Waals surface area contributed by atoms with E-state index < -0.39 is 22.0 Å². The molecule has 0 rings (SSSR count). The lowest BCUT2D eigenvalue weighted by atomic mass is 10.4. The van der Waals surface area contributed by atoms with Gasteiger partial charge in [-0.2, -0.15) is 0 Å². The van der Waals surface area contributed by atoms with Crippen molar-refractivity contribution >= 4 is 16.0 Å². The van der Waals surface area contributed by atoms with Gasteiger partial charge in [0.15, 0.2) is 0 Å². The molecule has 7 nitrogen and oxygen atoms in total. The molecule has 0 bridgehead atoms. The fourth-order valence-electron chi connectivity index (χ4n) is 1.09. The molecule has 0 radical (unpaired) electrons. The van der Waals surface area contributed by atoms with E-state index in [0.29, 0.717) is 0 Å². The van der Waals surface area contributed by atoms with Gasteiger partial charge in [0.2, 0.25) is 10.0 Å². The molecule has 0 aromatic heterocycles. The van der Waals surface area contributed by atoms with Crippen molar-refractivity contribution in [3.63, 3.8) is 0 Å². The van der Waals surface area contributed by atoms with Crippen molar-refractivity contribution in [1.82, 2.24) is 4.72 Å². The Morgan fingerprint density at radius 2 is 2.12 bits per heavy atom. The molecule has 0 saturated heterocycles. The Morgan fingerprint density at radius 3 is 2.59 bits per heavy atom. The first kappa shape index (κ1) is 16.3. The number of rotatable bonds is 9. The van der Waals surface area contributed by atoms with Crippen LogP contribution < -0.4 is 4.72 Å². The second-order valence-electron chi connectivity index (χ2n) is 3.33. The molecule has 102 valence electrons. The molecule has 0 aliphatic carbocycles. The first-order chi connectivity index (χ1) is 7.95. The van der Waals surface area contributed by atoms with Gasteiger partial charge in [0.25, 0.3) is 0 Å². The molecular formula is C9H19NO6S. The Kier molecular flexibility index (Phi) is 8.05. The summed E-state index contributed by atoms with van der Waals surface area (Å²) < 4.78 is 34.6. The highest BCUT2D eigenvalue weighted by molar-refractivity contribution is 7.89. The third-order valence-corrected chi connectivity index (χ3v) is 3.25. The van der Waals surface area contributed by atoms with Crippen molar-refractivity contribution in [3.05, 3.63) is 0 Å². The van der Waals surface area contributed by atoms with Gasteiger partial charge in [-0.25, -0.2) is 13.1 Å². The molecule has 0 saturated carbocycles. The number of aliphatic hydroxyl groups is 1. The molecule has 0 aromatic rings. The predicted molar refractivity (Wildman–Crippen MR) is 60.9 cm³/mol. The zero-order valence-corrected chi connectivity index (χ0v) is 10.8. The van der Waals surface area contributed by atoms with E-state index in [-0.39, 0.29) is 32.0 Å². The van der Waals surface area contributed by atoms with Gasteiger partial charge in [-0.3, -0.25) is 4.79 Å². The number of nitrogens with one attached hydrogen (secondary N) is 1. The van der Waals surface area contributed by atoms with Gasteiger partial charge >= 0.3 is 5.97 Å². The minimum Gasteiger partial charge on any atom is -0.466 e. The van der Waals surface area contributed by atoms with Crippen molar-refractivity contribution in [1.29, 1.82) is 0 Å². The van der Waals surface area contributed by atoms with Crippen LogP contribution in [0.25, 0.3) is 0 Å². The highest BCUT2D eigenvalue weighted by Gasteiger charge is 2.18. The quantitative estimate of drug-likeness (QED) is 0.513. The van der Waals surface area contributed by atoms with E-state index in [1.54, 1.807) is 6.92 Å². The summed E-state index contributed by atoms with van der Waals surface area (Å²) in [5.74, 6) is -0.934. The summed E-state index contributed by atoms with van der Waals surface area (Å²) in [4.78, 5) is 11.0. The Morgan fingerprint density at radius 1 is 1.47 bits per heavy atom. The minimum absolute atomic E-state index is 0.0646. The first-order valence-electron chi connectivity index (χ1n) is 5.20. The molecule has 1 unspecified atom stereocenters. The average molecular weight is 269 g/mol. The third-order valence-electron chi connectivity index (χ3n) is 1.81. The maximum atomic E-state index is 11.5. The van der Waals surface area contributed by atoms with Gasteiger partial charge in [0.1, 0.15) is 0 Å².